The van der Waals surface area contributed by atoms with Crippen molar-refractivity contribution in [1.82, 2.24) is 9.88 Å². The number of carbonyl (C=O) groups excluding carboxylic acids is 1. The van der Waals surface area contributed by atoms with Gasteiger partial charge in [0.15, 0.2) is 0 Å². The van der Waals surface area contributed by atoms with Gasteiger partial charge < -0.3 is 15.1 Å². The van der Waals surface area contributed by atoms with Crippen molar-refractivity contribution < 1.29 is 9.18 Å². The molecule has 0 atom stereocenters. The largest absolute Gasteiger partial charge is 0.367 e. The summed E-state index contributed by atoms with van der Waals surface area (Å²) < 4.78 is 14.0. The van der Waals surface area contributed by atoms with Gasteiger partial charge in [-0.1, -0.05) is 12.1 Å². The van der Waals surface area contributed by atoms with Crippen LogP contribution in [0.25, 0.3) is 0 Å². The maximum atomic E-state index is 14.0. The molecule has 6 nitrogen and oxygen atoms in total. The molecule has 0 unspecified atom stereocenters. The fourth-order valence-electron chi connectivity index (χ4n) is 4.41. The second kappa shape index (κ2) is 9.12. The van der Waals surface area contributed by atoms with Crippen LogP contribution in [-0.4, -0.2) is 48.0 Å². The van der Waals surface area contributed by atoms with Crippen LogP contribution in [0.5, 0.6) is 0 Å². The number of halogens is 1. The molecule has 0 bridgehead atoms. The van der Waals surface area contributed by atoms with Gasteiger partial charge in [0.05, 0.1) is 17.3 Å². The zero-order chi connectivity index (χ0) is 20.9. The van der Waals surface area contributed by atoms with Crippen LogP contribution in [0.3, 0.4) is 0 Å². The van der Waals surface area contributed by atoms with E-state index in [1.807, 2.05) is 15.9 Å². The van der Waals surface area contributed by atoms with Crippen LogP contribution in [0.4, 0.5) is 15.9 Å². The number of pyridine rings is 1. The number of amides is 1. The molecule has 7 heteroatoms. The second-order valence-corrected chi connectivity index (χ2v) is 8.00. The molecule has 1 aromatic carbocycles. The van der Waals surface area contributed by atoms with Gasteiger partial charge in [-0.2, -0.15) is 5.26 Å². The Morgan fingerprint density at radius 3 is 2.53 bits per heavy atom. The van der Waals surface area contributed by atoms with Crippen LogP contribution >= 0.6 is 0 Å². The second-order valence-electron chi connectivity index (χ2n) is 8.00. The van der Waals surface area contributed by atoms with Gasteiger partial charge in [0.1, 0.15) is 11.6 Å². The number of rotatable bonds is 4. The van der Waals surface area contributed by atoms with Gasteiger partial charge in [-0.05, 0) is 49.9 Å². The number of aromatic nitrogens is 1. The summed E-state index contributed by atoms with van der Waals surface area (Å²) in [5.41, 5.74) is 1.20. The third kappa shape index (κ3) is 4.54. The van der Waals surface area contributed by atoms with Gasteiger partial charge >= 0.3 is 0 Å². The number of piperazine rings is 1. The van der Waals surface area contributed by atoms with E-state index in [-0.39, 0.29) is 23.7 Å². The van der Waals surface area contributed by atoms with Crippen molar-refractivity contribution >= 4 is 17.4 Å². The topological polar surface area (TPSA) is 72.3 Å². The van der Waals surface area contributed by atoms with E-state index in [2.05, 4.69) is 16.4 Å². The van der Waals surface area contributed by atoms with Crippen molar-refractivity contribution in [2.24, 2.45) is 5.92 Å². The average Bonchev–Trinajstić information content (AvgIpc) is 2.80. The Morgan fingerprint density at radius 2 is 1.83 bits per heavy atom. The van der Waals surface area contributed by atoms with Crippen molar-refractivity contribution in [3.05, 3.63) is 54.0 Å². The normalized spacial score (nSPS) is 21.7. The molecule has 2 aromatic rings. The van der Waals surface area contributed by atoms with Gasteiger partial charge in [0.2, 0.25) is 5.91 Å². The lowest BCUT2D eigenvalue weighted by atomic mass is 9.85. The zero-order valence-corrected chi connectivity index (χ0v) is 16.9. The van der Waals surface area contributed by atoms with Crippen molar-refractivity contribution in [2.75, 3.05) is 36.4 Å². The Balaban J connectivity index is 1.26. The number of para-hydroxylation sites is 1. The maximum Gasteiger partial charge on any atom is 0.225 e. The summed E-state index contributed by atoms with van der Waals surface area (Å²) in [6, 6.07) is 12.6. The molecule has 2 fully saturated rings. The van der Waals surface area contributed by atoms with E-state index in [1.165, 1.54) is 6.07 Å². The summed E-state index contributed by atoms with van der Waals surface area (Å²) in [6.07, 6.45) is 5.15. The molecule has 0 spiro atoms. The maximum absolute atomic E-state index is 14.0. The number of nitriles is 1. The lowest BCUT2D eigenvalue weighted by Crippen LogP contribution is -2.51. The molecular formula is C23H26FN5O. The number of benzene rings is 1. The summed E-state index contributed by atoms with van der Waals surface area (Å²) >= 11 is 0. The van der Waals surface area contributed by atoms with Gasteiger partial charge in [-0.15, -0.1) is 0 Å². The number of hydrogen-bond donors (Lipinski definition) is 1. The minimum Gasteiger partial charge on any atom is -0.367 e. The number of nitrogens with one attached hydrogen (secondary N) is 1. The van der Waals surface area contributed by atoms with Crippen LogP contribution < -0.4 is 10.2 Å². The van der Waals surface area contributed by atoms with Crippen molar-refractivity contribution in [3.8, 4) is 6.07 Å². The Kier molecular flexibility index (Phi) is 6.12. The van der Waals surface area contributed by atoms with Crippen LogP contribution in [0.15, 0.2) is 42.6 Å². The minimum absolute atomic E-state index is 0.0569. The molecule has 1 saturated carbocycles. The van der Waals surface area contributed by atoms with E-state index >= 15 is 0 Å². The van der Waals surface area contributed by atoms with Gasteiger partial charge in [-0.3, -0.25) is 4.79 Å². The van der Waals surface area contributed by atoms with Crippen molar-refractivity contribution in [3.63, 3.8) is 0 Å². The number of nitrogens with zero attached hydrogens (tertiary/aromatic N) is 4. The third-order valence-corrected chi connectivity index (χ3v) is 6.10. The Morgan fingerprint density at radius 1 is 1.10 bits per heavy atom. The molecule has 156 valence electrons. The van der Waals surface area contributed by atoms with E-state index in [9.17, 15) is 9.18 Å². The number of carbonyl (C=O) groups is 1. The minimum atomic E-state index is -0.210. The first-order valence-electron chi connectivity index (χ1n) is 10.5. The molecule has 1 aliphatic heterocycles. The molecule has 1 N–H and O–H groups in total. The van der Waals surface area contributed by atoms with E-state index in [0.717, 1.165) is 25.7 Å². The monoisotopic (exact) mass is 407 g/mol. The predicted molar refractivity (Wildman–Crippen MR) is 114 cm³/mol. The Labute approximate surface area is 176 Å². The molecule has 4 rings (SSSR count). The van der Waals surface area contributed by atoms with Gasteiger partial charge in [0, 0.05) is 44.3 Å². The quantitative estimate of drug-likeness (QED) is 0.841. The smallest absolute Gasteiger partial charge is 0.225 e. The Bertz CT molecular complexity index is 927. The van der Waals surface area contributed by atoms with Crippen LogP contribution in [0.1, 0.15) is 31.2 Å². The van der Waals surface area contributed by atoms with E-state index in [4.69, 9.17) is 5.26 Å². The zero-order valence-electron chi connectivity index (χ0n) is 16.9. The first-order valence-corrected chi connectivity index (χ1v) is 10.5. The SMILES string of the molecule is N#Cc1ccnc(NC2CCC(C(=O)N3CCN(c4ccccc4F)CC3)CC2)c1. The first-order chi connectivity index (χ1) is 14.6. The highest BCUT2D eigenvalue weighted by Crippen LogP contribution is 2.29. The standard InChI is InChI=1S/C23H26FN5O/c24-20-3-1-2-4-21(20)28-11-13-29(14-12-28)23(30)18-5-7-19(8-6-18)27-22-15-17(16-25)9-10-26-22/h1-4,9-10,15,18-19H,5-8,11-14H2,(H,26,27). The van der Waals surface area contributed by atoms with Crippen LogP contribution in [0, 0.1) is 23.1 Å². The first kappa shape index (κ1) is 20.1. The summed E-state index contributed by atoms with van der Waals surface area (Å²) in [5.74, 6) is 0.790. The number of anilines is 2. The molecule has 1 amide bonds. The molecule has 2 heterocycles. The highest BCUT2D eigenvalue weighted by Gasteiger charge is 2.31. The third-order valence-electron chi connectivity index (χ3n) is 6.10. The molecule has 1 aromatic heterocycles. The van der Waals surface area contributed by atoms with Crippen molar-refractivity contribution in [1.29, 1.82) is 5.26 Å². The molecule has 2 aliphatic rings. The number of hydrogen-bond acceptors (Lipinski definition) is 5. The van der Waals surface area contributed by atoms with E-state index in [0.29, 0.717) is 43.2 Å². The van der Waals surface area contributed by atoms with E-state index in [1.54, 1.807) is 30.5 Å². The van der Waals surface area contributed by atoms with Crippen molar-refractivity contribution in [2.45, 2.75) is 31.7 Å². The average molecular weight is 407 g/mol. The van der Waals surface area contributed by atoms with Crippen LogP contribution in [0.2, 0.25) is 0 Å². The molecule has 1 aliphatic carbocycles. The molecule has 1 saturated heterocycles. The fraction of sp³-hybridized carbons (Fsp3) is 0.435. The van der Waals surface area contributed by atoms with Gasteiger partial charge in [0.25, 0.3) is 0 Å². The lowest BCUT2D eigenvalue weighted by molar-refractivity contribution is -0.136. The lowest BCUT2D eigenvalue weighted by Gasteiger charge is -2.39. The molecule has 0 radical (unpaired) electrons. The Hall–Kier alpha value is -3.14. The summed E-state index contributed by atoms with van der Waals surface area (Å²) in [7, 11) is 0. The highest BCUT2D eigenvalue weighted by molar-refractivity contribution is 5.79. The fourth-order valence-corrected chi connectivity index (χ4v) is 4.41. The predicted octanol–water partition coefficient (Wildman–Crippen LogP) is 3.41. The summed E-state index contributed by atoms with van der Waals surface area (Å²) in [6.45, 7) is 2.58. The highest BCUT2D eigenvalue weighted by atomic mass is 19.1. The van der Waals surface area contributed by atoms with Crippen LogP contribution in [-0.2, 0) is 4.79 Å². The summed E-state index contributed by atoms with van der Waals surface area (Å²) in [5, 5.41) is 12.4. The summed E-state index contributed by atoms with van der Waals surface area (Å²) in [4.78, 5) is 21.2. The molecular weight excluding hydrogens is 381 g/mol. The molecule has 30 heavy (non-hydrogen) atoms. The van der Waals surface area contributed by atoms with E-state index < -0.39 is 0 Å². The van der Waals surface area contributed by atoms with Gasteiger partial charge in [-0.25, -0.2) is 9.37 Å².